The molecular formula is C34H59NO4SSi2. The highest BCUT2D eigenvalue weighted by molar-refractivity contribution is 7.93. The van der Waals surface area contributed by atoms with Gasteiger partial charge in [-0.15, -0.1) is 0 Å². The summed E-state index contributed by atoms with van der Waals surface area (Å²) < 4.78 is 42.8. The topological polar surface area (TPSA) is 65.0 Å². The molecule has 0 bridgehead atoms. The number of benzene rings is 1. The van der Waals surface area contributed by atoms with Gasteiger partial charge in [-0.05, 0) is 78.0 Å². The maximum absolute atomic E-state index is 15.0. The van der Waals surface area contributed by atoms with E-state index in [9.17, 15) is 0 Å². The van der Waals surface area contributed by atoms with Gasteiger partial charge >= 0.3 is 0 Å². The first-order valence-electron chi connectivity index (χ1n) is 16.1. The summed E-state index contributed by atoms with van der Waals surface area (Å²) in [7, 11) is -8.20. The van der Waals surface area contributed by atoms with Crippen LogP contribution in [0.5, 0.6) is 0 Å². The highest BCUT2D eigenvalue weighted by Crippen LogP contribution is 2.52. The van der Waals surface area contributed by atoms with Crippen LogP contribution in [0.3, 0.4) is 0 Å². The Morgan fingerprint density at radius 1 is 1.05 bits per heavy atom. The molecule has 2 aliphatic rings. The summed E-state index contributed by atoms with van der Waals surface area (Å²) >= 11 is 0. The molecule has 1 fully saturated rings. The van der Waals surface area contributed by atoms with E-state index < -0.39 is 31.2 Å². The minimum absolute atomic E-state index is 0.0263. The van der Waals surface area contributed by atoms with E-state index in [1.165, 1.54) is 0 Å². The molecule has 0 spiro atoms. The minimum atomic E-state index is -3.80. The van der Waals surface area contributed by atoms with Gasteiger partial charge in [0.1, 0.15) is 4.75 Å². The van der Waals surface area contributed by atoms with Gasteiger partial charge in [-0.1, -0.05) is 94.0 Å². The van der Waals surface area contributed by atoms with Gasteiger partial charge in [0.15, 0.2) is 9.84 Å². The largest absolute Gasteiger partial charge is 0.547 e. The second-order valence-corrected chi connectivity index (χ2v) is 27.9. The van der Waals surface area contributed by atoms with Crippen molar-refractivity contribution in [3.8, 4) is 0 Å². The lowest BCUT2D eigenvalue weighted by Crippen LogP contribution is -2.62. The number of rotatable bonds is 11. The summed E-state index contributed by atoms with van der Waals surface area (Å²) in [5.41, 5.74) is 2.06. The maximum Gasteiger partial charge on any atom is 0.250 e. The van der Waals surface area contributed by atoms with Crippen molar-refractivity contribution in [3.63, 3.8) is 0 Å². The Labute approximate surface area is 260 Å². The molecule has 1 aromatic rings. The van der Waals surface area contributed by atoms with E-state index in [1.807, 2.05) is 18.2 Å². The van der Waals surface area contributed by atoms with Crippen LogP contribution in [0.4, 0.5) is 0 Å². The molecule has 3 rings (SSSR count). The fraction of sp³-hybridized carbons (Fsp3) is 0.735. The van der Waals surface area contributed by atoms with Crippen molar-refractivity contribution in [2.45, 2.75) is 145 Å². The monoisotopic (exact) mass is 633 g/mol. The van der Waals surface area contributed by atoms with Gasteiger partial charge in [-0.2, -0.15) is 0 Å². The zero-order valence-corrected chi connectivity index (χ0v) is 31.4. The summed E-state index contributed by atoms with van der Waals surface area (Å²) in [6.07, 6.45) is 2.20. The minimum Gasteiger partial charge on any atom is -0.547 e. The van der Waals surface area contributed by atoms with Crippen LogP contribution in [0.15, 0.2) is 52.6 Å². The van der Waals surface area contributed by atoms with Crippen LogP contribution in [0.2, 0.25) is 34.8 Å². The van der Waals surface area contributed by atoms with Gasteiger partial charge in [0, 0.05) is 12.1 Å². The van der Waals surface area contributed by atoms with Crippen molar-refractivity contribution in [1.29, 1.82) is 0 Å². The molecule has 1 aliphatic carbocycles. The van der Waals surface area contributed by atoms with E-state index in [4.69, 9.17) is 13.8 Å². The van der Waals surface area contributed by atoms with E-state index in [0.717, 1.165) is 12.1 Å². The molecular weight excluding hydrogens is 575 g/mol. The van der Waals surface area contributed by atoms with Crippen LogP contribution in [0, 0.1) is 11.8 Å². The van der Waals surface area contributed by atoms with E-state index in [1.54, 1.807) is 12.1 Å². The van der Waals surface area contributed by atoms with E-state index in [0.29, 0.717) is 59.0 Å². The molecule has 0 radical (unpaired) electrons. The molecule has 0 amide bonds. The summed E-state index contributed by atoms with van der Waals surface area (Å²) in [5, 5.41) is 0.0263. The molecule has 0 N–H and O–H groups in total. The first kappa shape index (κ1) is 35.3. The second-order valence-electron chi connectivity index (χ2n) is 15.6. The molecule has 1 aliphatic heterocycles. The zero-order chi connectivity index (χ0) is 31.9. The summed E-state index contributed by atoms with van der Waals surface area (Å²) in [4.78, 5) is 5.52. The lowest BCUT2D eigenvalue weighted by Gasteiger charge is -2.52. The van der Waals surface area contributed by atoms with Gasteiger partial charge in [0.25, 0.3) is 0 Å². The average Bonchev–Trinajstić information content (AvgIpc) is 2.86. The lowest BCUT2D eigenvalue weighted by atomic mass is 9.68. The van der Waals surface area contributed by atoms with Gasteiger partial charge in [0.2, 0.25) is 16.6 Å². The highest BCUT2D eigenvalue weighted by atomic mass is 32.2. The van der Waals surface area contributed by atoms with Crippen molar-refractivity contribution in [2.75, 3.05) is 6.54 Å². The fourth-order valence-electron chi connectivity index (χ4n) is 7.74. The Balaban J connectivity index is 2.16. The Morgan fingerprint density at radius 3 is 2.10 bits per heavy atom. The number of sulfone groups is 1. The first-order valence-corrected chi connectivity index (χ1v) is 22.6. The first-order chi connectivity index (χ1) is 19.2. The molecule has 1 heterocycles. The van der Waals surface area contributed by atoms with Crippen molar-refractivity contribution >= 4 is 32.2 Å². The Bertz CT molecular complexity index is 1210. The summed E-state index contributed by atoms with van der Waals surface area (Å²) in [5.74, 6) is 0.851. The number of hydrogen-bond donors (Lipinski definition) is 0. The molecule has 238 valence electrons. The number of allylic oxidation sites excluding steroid dienone is 1. The Morgan fingerprint density at radius 2 is 1.60 bits per heavy atom. The average molecular weight is 634 g/mol. The van der Waals surface area contributed by atoms with Gasteiger partial charge in [-0.25, -0.2) is 8.42 Å². The normalized spacial score (nSPS) is 25.9. The highest BCUT2D eigenvalue weighted by Gasteiger charge is 2.60. The molecule has 1 saturated carbocycles. The molecule has 4 atom stereocenters. The van der Waals surface area contributed by atoms with Crippen molar-refractivity contribution < 1.29 is 17.3 Å². The third-order valence-corrected chi connectivity index (χ3v) is 23.8. The zero-order valence-electron chi connectivity index (χ0n) is 28.6. The molecule has 0 saturated heterocycles. The third kappa shape index (κ3) is 6.43. The molecule has 5 nitrogen and oxygen atoms in total. The standard InChI is InChI=1S/C34H59NO4SSi2/c1-24(2)42(25(3)4,26(5)6)39-30-22-34(40(36,37)31-17-15-14-16-18-31)29(19-27(7)20-32(34)35-23-30)21-28(8)38-41(12,13)33(9,10)11/h14-18,24-27,29-30H,8,19-23H2,1-7,9-13H3. The SMILES string of the molecule is C=C(CC1CC(C)CC2=NCC(O[Si](C(C)C)(C(C)C)C(C)C)CC21S(=O)(=O)c1ccccc1)O[Si](C)(C)C(C)(C)C. The summed E-state index contributed by atoms with van der Waals surface area (Å²) in [6.45, 7) is 32.0. The molecule has 1 aromatic carbocycles. The molecule has 0 aromatic heterocycles. The second kappa shape index (κ2) is 12.6. The number of fused-ring (bicyclic) bond motifs is 1. The predicted octanol–water partition coefficient (Wildman–Crippen LogP) is 9.58. The van der Waals surface area contributed by atoms with Crippen LogP contribution in [0.25, 0.3) is 0 Å². The number of nitrogens with zero attached hydrogens (tertiary/aromatic N) is 1. The smallest absolute Gasteiger partial charge is 0.250 e. The van der Waals surface area contributed by atoms with Gasteiger partial charge < -0.3 is 8.85 Å². The molecule has 4 unspecified atom stereocenters. The van der Waals surface area contributed by atoms with E-state index in [2.05, 4.69) is 88.9 Å². The van der Waals surface area contributed by atoms with E-state index in [-0.39, 0.29) is 17.1 Å². The molecule has 8 heteroatoms. The van der Waals surface area contributed by atoms with E-state index >= 15 is 8.42 Å². The van der Waals surface area contributed by atoms with Gasteiger partial charge in [-0.3, -0.25) is 4.99 Å². The Hall–Kier alpha value is -1.23. The molecule has 42 heavy (non-hydrogen) atoms. The number of hydrogen-bond acceptors (Lipinski definition) is 5. The van der Waals surface area contributed by atoms with Crippen LogP contribution in [0.1, 0.15) is 94.9 Å². The fourth-order valence-corrected chi connectivity index (χ4v) is 16.8. The van der Waals surface area contributed by atoms with Crippen molar-refractivity contribution in [2.24, 2.45) is 16.8 Å². The maximum atomic E-state index is 15.0. The third-order valence-electron chi connectivity index (χ3n) is 10.7. The lowest BCUT2D eigenvalue weighted by molar-refractivity contribution is 0.134. The quantitative estimate of drug-likeness (QED) is 0.180. The van der Waals surface area contributed by atoms with Crippen LogP contribution < -0.4 is 0 Å². The van der Waals surface area contributed by atoms with Crippen molar-refractivity contribution in [1.82, 2.24) is 0 Å². The van der Waals surface area contributed by atoms with Crippen LogP contribution in [-0.4, -0.2) is 48.2 Å². The van der Waals surface area contributed by atoms with Crippen LogP contribution in [-0.2, 0) is 18.7 Å². The number of aliphatic imine (C=N–C) groups is 1. The van der Waals surface area contributed by atoms with Crippen molar-refractivity contribution in [3.05, 3.63) is 42.7 Å². The van der Waals surface area contributed by atoms with Gasteiger partial charge in [0.05, 0.1) is 23.3 Å². The van der Waals surface area contributed by atoms with Crippen LogP contribution >= 0.6 is 0 Å². The summed E-state index contributed by atoms with van der Waals surface area (Å²) in [6, 6.07) is 9.02. The predicted molar refractivity (Wildman–Crippen MR) is 183 cm³/mol. The Kier molecular flexibility index (Phi) is 10.6.